The van der Waals surface area contributed by atoms with Gasteiger partial charge in [0.05, 0.1) is 21.4 Å². The van der Waals surface area contributed by atoms with E-state index >= 15 is 0 Å². The predicted molar refractivity (Wildman–Crippen MR) is 115 cm³/mol. The molecule has 5 nitrogen and oxygen atoms in total. The van der Waals surface area contributed by atoms with Crippen LogP contribution in [0.3, 0.4) is 0 Å². The standard InChI is InChI=1S/C22H26ClN3O2S/c23-18-5-3-15(4-6-18)16-7-10-26(11-8-16)21-24-12-19-20(25-21)22(14-29(19)28)9-1-2-17(22)13-27/h3-6,12,16-17,27H,1-2,7-11,13-14H2/t17?,22?,29-/m0/s1. The fourth-order valence-corrected chi connectivity index (χ4v) is 7.38. The van der Waals surface area contributed by atoms with Crippen molar-refractivity contribution >= 4 is 28.3 Å². The molecule has 1 aromatic carbocycles. The van der Waals surface area contributed by atoms with Gasteiger partial charge in [-0.3, -0.25) is 4.21 Å². The highest BCUT2D eigenvalue weighted by atomic mass is 35.5. The first-order valence-corrected chi connectivity index (χ1v) is 12.2. The van der Waals surface area contributed by atoms with E-state index in [1.54, 1.807) is 6.20 Å². The van der Waals surface area contributed by atoms with E-state index in [0.29, 0.717) is 11.7 Å². The molecular formula is C22H26ClN3O2S. The van der Waals surface area contributed by atoms with Crippen molar-refractivity contribution in [2.75, 3.05) is 30.3 Å². The number of piperidine rings is 1. The van der Waals surface area contributed by atoms with Crippen LogP contribution in [0.1, 0.15) is 49.3 Å². The number of rotatable bonds is 3. The van der Waals surface area contributed by atoms with Gasteiger partial charge >= 0.3 is 0 Å². The van der Waals surface area contributed by atoms with Gasteiger partial charge in [0, 0.05) is 42.1 Å². The van der Waals surface area contributed by atoms with Gasteiger partial charge in [-0.2, -0.15) is 0 Å². The molecule has 3 atom stereocenters. The summed E-state index contributed by atoms with van der Waals surface area (Å²) in [5.74, 6) is 2.03. The number of aliphatic hydroxyl groups is 1. The minimum absolute atomic E-state index is 0.141. The van der Waals surface area contributed by atoms with Gasteiger partial charge in [-0.05, 0) is 55.2 Å². The summed E-state index contributed by atoms with van der Waals surface area (Å²) in [6.07, 6.45) is 6.90. The third kappa shape index (κ3) is 3.29. The van der Waals surface area contributed by atoms with Crippen molar-refractivity contribution < 1.29 is 9.32 Å². The van der Waals surface area contributed by atoms with Crippen molar-refractivity contribution in [2.45, 2.75) is 48.3 Å². The molecule has 3 heterocycles. The summed E-state index contributed by atoms with van der Waals surface area (Å²) in [5.41, 5.74) is 2.06. The minimum atomic E-state index is -1.06. The molecular weight excluding hydrogens is 406 g/mol. The average molecular weight is 432 g/mol. The zero-order chi connectivity index (χ0) is 20.0. The summed E-state index contributed by atoms with van der Waals surface area (Å²) in [7, 11) is -1.06. The highest BCUT2D eigenvalue weighted by Crippen LogP contribution is 2.51. The number of halogens is 1. The lowest BCUT2D eigenvalue weighted by atomic mass is 9.77. The molecule has 7 heteroatoms. The van der Waals surface area contributed by atoms with Gasteiger partial charge in [-0.1, -0.05) is 30.2 Å². The van der Waals surface area contributed by atoms with E-state index in [2.05, 4.69) is 22.0 Å². The lowest BCUT2D eigenvalue weighted by Gasteiger charge is -2.33. The Morgan fingerprint density at radius 1 is 1.21 bits per heavy atom. The minimum Gasteiger partial charge on any atom is -0.396 e. The van der Waals surface area contributed by atoms with Crippen LogP contribution in [0.4, 0.5) is 5.95 Å². The molecule has 1 saturated carbocycles. The van der Waals surface area contributed by atoms with Crippen LogP contribution in [0.2, 0.25) is 5.02 Å². The Hall–Kier alpha value is -1.50. The van der Waals surface area contributed by atoms with Gasteiger partial charge < -0.3 is 10.0 Å². The fraction of sp³-hybridized carbons (Fsp3) is 0.545. The van der Waals surface area contributed by atoms with E-state index in [0.717, 1.165) is 66.8 Å². The zero-order valence-electron chi connectivity index (χ0n) is 16.4. The number of hydrogen-bond acceptors (Lipinski definition) is 5. The highest BCUT2D eigenvalue weighted by molar-refractivity contribution is 7.85. The van der Waals surface area contributed by atoms with E-state index in [-0.39, 0.29) is 17.9 Å². The second-order valence-electron chi connectivity index (χ2n) is 8.61. The summed E-state index contributed by atoms with van der Waals surface area (Å²) >= 11 is 6.02. The largest absolute Gasteiger partial charge is 0.396 e. The molecule has 2 aliphatic heterocycles. The number of aliphatic hydroxyl groups excluding tert-OH is 1. The molecule has 2 fully saturated rings. The predicted octanol–water partition coefficient (Wildman–Crippen LogP) is 3.67. The molecule has 0 bridgehead atoms. The summed E-state index contributed by atoms with van der Waals surface area (Å²) in [4.78, 5) is 12.6. The lowest BCUT2D eigenvalue weighted by molar-refractivity contribution is 0.180. The Bertz CT molecular complexity index is 930. The molecule has 0 amide bonds. The molecule has 1 saturated heterocycles. The van der Waals surface area contributed by atoms with Crippen LogP contribution >= 0.6 is 11.6 Å². The topological polar surface area (TPSA) is 66.3 Å². The Balaban J connectivity index is 1.37. The average Bonchev–Trinajstić information content (AvgIpc) is 3.29. The number of fused-ring (bicyclic) bond motifs is 2. The van der Waals surface area contributed by atoms with E-state index in [9.17, 15) is 9.32 Å². The first kappa shape index (κ1) is 19.5. The van der Waals surface area contributed by atoms with Crippen LogP contribution in [0.5, 0.6) is 0 Å². The van der Waals surface area contributed by atoms with E-state index < -0.39 is 10.8 Å². The number of hydrogen-bond donors (Lipinski definition) is 1. The molecule has 2 unspecified atom stereocenters. The van der Waals surface area contributed by atoms with Crippen molar-refractivity contribution in [1.29, 1.82) is 0 Å². The molecule has 3 aliphatic rings. The second-order valence-corrected chi connectivity index (χ2v) is 10.5. The number of benzene rings is 1. The van der Waals surface area contributed by atoms with Gasteiger partial charge in [0.1, 0.15) is 0 Å². The van der Waals surface area contributed by atoms with Crippen molar-refractivity contribution in [3.63, 3.8) is 0 Å². The monoisotopic (exact) mass is 431 g/mol. The highest BCUT2D eigenvalue weighted by Gasteiger charge is 2.52. The first-order chi connectivity index (χ1) is 14.1. The Labute approximate surface area is 179 Å². The van der Waals surface area contributed by atoms with Crippen LogP contribution in [-0.2, 0) is 16.2 Å². The number of anilines is 1. The molecule has 0 radical (unpaired) electrons. The molecule has 5 rings (SSSR count). The van der Waals surface area contributed by atoms with Crippen molar-refractivity contribution in [2.24, 2.45) is 5.92 Å². The molecule has 1 aliphatic carbocycles. The SMILES string of the molecule is O=[S@]1CC2(CCCC2CO)c2nc(N3CCC(c4ccc(Cl)cc4)CC3)ncc21. The van der Waals surface area contributed by atoms with Gasteiger partial charge in [-0.15, -0.1) is 0 Å². The molecule has 1 N–H and O–H groups in total. The van der Waals surface area contributed by atoms with Crippen LogP contribution in [0, 0.1) is 5.92 Å². The summed E-state index contributed by atoms with van der Waals surface area (Å²) < 4.78 is 12.7. The van der Waals surface area contributed by atoms with Gasteiger partial charge in [0.25, 0.3) is 0 Å². The Kier molecular flexibility index (Phi) is 5.13. The fourth-order valence-electron chi connectivity index (χ4n) is 5.48. The second kappa shape index (κ2) is 7.64. The number of nitrogens with zero attached hydrogens (tertiary/aromatic N) is 3. The van der Waals surface area contributed by atoms with Crippen LogP contribution in [0.15, 0.2) is 35.4 Å². The molecule has 29 heavy (non-hydrogen) atoms. The molecule has 1 aromatic heterocycles. The number of aromatic nitrogens is 2. The van der Waals surface area contributed by atoms with Crippen LogP contribution in [-0.4, -0.2) is 44.7 Å². The van der Waals surface area contributed by atoms with E-state index in [1.165, 1.54) is 5.56 Å². The quantitative estimate of drug-likeness (QED) is 0.803. The Morgan fingerprint density at radius 2 is 1.97 bits per heavy atom. The van der Waals surface area contributed by atoms with Crippen molar-refractivity contribution in [1.82, 2.24) is 9.97 Å². The van der Waals surface area contributed by atoms with Crippen molar-refractivity contribution in [3.05, 3.63) is 46.7 Å². The summed E-state index contributed by atoms with van der Waals surface area (Å²) in [6, 6.07) is 8.18. The van der Waals surface area contributed by atoms with Crippen LogP contribution < -0.4 is 4.90 Å². The maximum atomic E-state index is 12.7. The summed E-state index contributed by atoms with van der Waals surface area (Å²) in [5, 5.41) is 10.7. The maximum Gasteiger partial charge on any atom is 0.225 e. The third-order valence-electron chi connectivity index (χ3n) is 7.14. The van der Waals surface area contributed by atoms with E-state index in [4.69, 9.17) is 16.6 Å². The third-order valence-corrected chi connectivity index (χ3v) is 8.96. The van der Waals surface area contributed by atoms with Crippen LogP contribution in [0.25, 0.3) is 0 Å². The normalized spacial score (nSPS) is 29.5. The maximum absolute atomic E-state index is 12.7. The van der Waals surface area contributed by atoms with Crippen molar-refractivity contribution in [3.8, 4) is 0 Å². The zero-order valence-corrected chi connectivity index (χ0v) is 18.0. The smallest absolute Gasteiger partial charge is 0.225 e. The van der Waals surface area contributed by atoms with Gasteiger partial charge in [-0.25, -0.2) is 9.97 Å². The lowest BCUT2D eigenvalue weighted by Crippen LogP contribution is -2.37. The summed E-state index contributed by atoms with van der Waals surface area (Å²) in [6.45, 7) is 1.96. The van der Waals surface area contributed by atoms with Gasteiger partial charge in [0.2, 0.25) is 5.95 Å². The van der Waals surface area contributed by atoms with E-state index in [1.807, 2.05) is 12.1 Å². The first-order valence-electron chi connectivity index (χ1n) is 10.5. The molecule has 2 aromatic rings. The van der Waals surface area contributed by atoms with Gasteiger partial charge in [0.15, 0.2) is 0 Å². The Morgan fingerprint density at radius 3 is 2.69 bits per heavy atom. The molecule has 154 valence electrons. The molecule has 1 spiro atoms.